The van der Waals surface area contributed by atoms with Crippen LogP contribution >= 0.6 is 0 Å². The van der Waals surface area contributed by atoms with Gasteiger partial charge in [-0.1, -0.05) is 12.1 Å². The molecule has 10 heteroatoms. The summed E-state index contributed by atoms with van der Waals surface area (Å²) < 4.78 is 7.06. The molecule has 0 radical (unpaired) electrons. The van der Waals surface area contributed by atoms with Gasteiger partial charge in [0.1, 0.15) is 12.3 Å². The number of carbonyl (C=O) groups excluding carboxylic acids is 2. The van der Waals surface area contributed by atoms with E-state index in [1.807, 2.05) is 36.5 Å². The highest BCUT2D eigenvalue weighted by Crippen LogP contribution is 2.35. The summed E-state index contributed by atoms with van der Waals surface area (Å²) in [5, 5.41) is 18.0. The van der Waals surface area contributed by atoms with Crippen molar-refractivity contribution in [3.8, 4) is 11.4 Å². The van der Waals surface area contributed by atoms with E-state index in [2.05, 4.69) is 10.4 Å². The fraction of sp³-hybridized carbons (Fsp3) is 0.190. The number of amides is 2. The predicted molar refractivity (Wildman–Crippen MR) is 111 cm³/mol. The zero-order valence-corrected chi connectivity index (χ0v) is 16.4. The molecule has 0 saturated carbocycles. The second-order valence-corrected chi connectivity index (χ2v) is 6.89. The Morgan fingerprint density at radius 1 is 1.23 bits per heavy atom. The molecular formula is C21H19N5O5. The molecule has 10 nitrogen and oxygen atoms in total. The Balaban J connectivity index is 1.34. The van der Waals surface area contributed by atoms with Crippen LogP contribution in [0.2, 0.25) is 0 Å². The number of nitrogens with zero attached hydrogens (tertiary/aromatic N) is 4. The average Bonchev–Trinajstić information content (AvgIpc) is 3.31. The molecule has 2 amide bonds. The molecule has 0 bridgehead atoms. The third-order valence-electron chi connectivity index (χ3n) is 4.84. The summed E-state index contributed by atoms with van der Waals surface area (Å²) in [7, 11) is 0. The van der Waals surface area contributed by atoms with Crippen molar-refractivity contribution in [1.82, 2.24) is 15.1 Å². The van der Waals surface area contributed by atoms with Crippen molar-refractivity contribution in [2.24, 2.45) is 0 Å². The number of ether oxygens (including phenoxy) is 1. The first-order chi connectivity index (χ1) is 15.0. The van der Waals surface area contributed by atoms with Crippen LogP contribution in [0, 0.1) is 10.1 Å². The van der Waals surface area contributed by atoms with Gasteiger partial charge in [0.15, 0.2) is 6.61 Å². The number of carbonyl (C=O) groups is 2. The lowest BCUT2D eigenvalue weighted by Gasteiger charge is -2.28. The summed E-state index contributed by atoms with van der Waals surface area (Å²) in [5.41, 5.74) is 2.02. The van der Waals surface area contributed by atoms with Gasteiger partial charge in [-0.05, 0) is 36.2 Å². The van der Waals surface area contributed by atoms with E-state index in [9.17, 15) is 19.7 Å². The first kappa shape index (κ1) is 20.1. The van der Waals surface area contributed by atoms with Gasteiger partial charge < -0.3 is 10.1 Å². The molecule has 1 aromatic heterocycles. The van der Waals surface area contributed by atoms with Gasteiger partial charge in [-0.15, -0.1) is 0 Å². The Morgan fingerprint density at radius 2 is 2.03 bits per heavy atom. The molecule has 3 aromatic rings. The fourth-order valence-electron chi connectivity index (χ4n) is 3.26. The first-order valence-electron chi connectivity index (χ1n) is 9.58. The number of nitro benzene ring substituents is 1. The number of nitro groups is 1. The Morgan fingerprint density at radius 3 is 2.74 bits per heavy atom. The largest absolute Gasteiger partial charge is 0.482 e. The third-order valence-corrected chi connectivity index (χ3v) is 4.84. The second kappa shape index (κ2) is 8.66. The summed E-state index contributed by atoms with van der Waals surface area (Å²) in [6.45, 7) is -0.0738. The van der Waals surface area contributed by atoms with Crippen LogP contribution in [0.5, 0.6) is 5.75 Å². The molecule has 1 aliphatic rings. The van der Waals surface area contributed by atoms with Crippen LogP contribution in [0.25, 0.3) is 5.69 Å². The maximum Gasteiger partial charge on any atom is 0.271 e. The lowest BCUT2D eigenvalue weighted by atomic mass is 10.1. The number of nitrogens with one attached hydrogen (secondary N) is 1. The SMILES string of the molecule is O=C(CN1C(=O)COc2ccc([N+](=O)[O-])cc21)NCCc1ccc(-n2cccn2)cc1. The van der Waals surface area contributed by atoms with E-state index in [4.69, 9.17) is 4.74 Å². The van der Waals surface area contributed by atoms with Gasteiger partial charge in [0.2, 0.25) is 5.91 Å². The van der Waals surface area contributed by atoms with Crippen molar-refractivity contribution in [2.75, 3.05) is 24.6 Å². The number of hydrogen-bond acceptors (Lipinski definition) is 6. The zero-order chi connectivity index (χ0) is 21.8. The van der Waals surface area contributed by atoms with Gasteiger partial charge in [-0.3, -0.25) is 24.6 Å². The third kappa shape index (κ3) is 4.53. The quantitative estimate of drug-likeness (QED) is 0.459. The van der Waals surface area contributed by atoms with E-state index in [1.54, 1.807) is 10.9 Å². The van der Waals surface area contributed by atoms with Crippen LogP contribution in [-0.4, -0.2) is 46.2 Å². The summed E-state index contributed by atoms with van der Waals surface area (Å²) in [6, 6.07) is 13.6. The molecule has 0 spiro atoms. The molecular weight excluding hydrogens is 402 g/mol. The molecule has 0 saturated heterocycles. The summed E-state index contributed by atoms with van der Waals surface area (Å²) in [4.78, 5) is 36.3. The topological polar surface area (TPSA) is 120 Å². The molecule has 0 fully saturated rings. The van der Waals surface area contributed by atoms with E-state index < -0.39 is 10.8 Å². The predicted octanol–water partition coefficient (Wildman–Crippen LogP) is 1.86. The van der Waals surface area contributed by atoms with E-state index in [0.717, 1.165) is 11.3 Å². The number of rotatable bonds is 7. The Kier molecular flexibility index (Phi) is 5.61. The molecule has 1 N–H and O–H groups in total. The summed E-state index contributed by atoms with van der Waals surface area (Å²) in [6.07, 6.45) is 4.18. The maximum atomic E-state index is 12.4. The van der Waals surface area contributed by atoms with Gasteiger partial charge in [0, 0.05) is 31.1 Å². The van der Waals surface area contributed by atoms with Crippen molar-refractivity contribution in [2.45, 2.75) is 6.42 Å². The molecule has 0 unspecified atom stereocenters. The highest BCUT2D eigenvalue weighted by Gasteiger charge is 2.29. The average molecular weight is 421 g/mol. The lowest BCUT2D eigenvalue weighted by molar-refractivity contribution is -0.384. The number of non-ortho nitro benzene ring substituents is 1. The van der Waals surface area contributed by atoms with Crippen molar-refractivity contribution >= 4 is 23.2 Å². The fourth-order valence-corrected chi connectivity index (χ4v) is 3.26. The van der Waals surface area contributed by atoms with Gasteiger partial charge in [0.25, 0.3) is 11.6 Å². The zero-order valence-electron chi connectivity index (χ0n) is 16.4. The molecule has 31 heavy (non-hydrogen) atoms. The molecule has 4 rings (SSSR count). The van der Waals surface area contributed by atoms with E-state index >= 15 is 0 Å². The monoisotopic (exact) mass is 421 g/mol. The van der Waals surface area contributed by atoms with Crippen LogP contribution in [-0.2, 0) is 16.0 Å². The van der Waals surface area contributed by atoms with Crippen molar-refractivity contribution in [3.05, 3.63) is 76.6 Å². The van der Waals surface area contributed by atoms with Gasteiger partial charge in [-0.25, -0.2) is 4.68 Å². The molecule has 158 valence electrons. The first-order valence-corrected chi connectivity index (χ1v) is 9.58. The Labute approximate surface area is 177 Å². The minimum absolute atomic E-state index is 0.180. The molecule has 2 heterocycles. The molecule has 1 aliphatic heterocycles. The van der Waals surface area contributed by atoms with Crippen LogP contribution < -0.4 is 15.0 Å². The van der Waals surface area contributed by atoms with E-state index in [1.165, 1.54) is 23.1 Å². The normalized spacial score (nSPS) is 12.8. The molecule has 0 atom stereocenters. The highest BCUT2D eigenvalue weighted by molar-refractivity contribution is 6.02. The summed E-state index contributed by atoms with van der Waals surface area (Å²) in [5.74, 6) is -0.464. The van der Waals surface area contributed by atoms with Gasteiger partial charge in [-0.2, -0.15) is 5.10 Å². The number of benzene rings is 2. The number of hydrogen-bond donors (Lipinski definition) is 1. The smallest absolute Gasteiger partial charge is 0.271 e. The standard InChI is InChI=1S/C21H19N5O5/c27-20(22-10-8-15-2-4-16(5-3-15)25-11-1-9-23-25)13-24-18-12-17(26(29)30)6-7-19(18)31-14-21(24)28/h1-7,9,11-12H,8,10,13-14H2,(H,22,27). The lowest BCUT2D eigenvalue weighted by Crippen LogP contribution is -2.45. The van der Waals surface area contributed by atoms with Crippen molar-refractivity contribution < 1.29 is 19.2 Å². The Bertz CT molecular complexity index is 1110. The minimum Gasteiger partial charge on any atom is -0.482 e. The van der Waals surface area contributed by atoms with Crippen molar-refractivity contribution in [1.29, 1.82) is 0 Å². The number of aromatic nitrogens is 2. The maximum absolute atomic E-state index is 12.4. The van der Waals surface area contributed by atoms with E-state index in [-0.39, 0.29) is 30.4 Å². The van der Waals surface area contributed by atoms with Crippen LogP contribution in [0.15, 0.2) is 60.9 Å². The molecule has 2 aromatic carbocycles. The van der Waals surface area contributed by atoms with Crippen LogP contribution in [0.3, 0.4) is 0 Å². The molecule has 0 aliphatic carbocycles. The summed E-state index contributed by atoms with van der Waals surface area (Å²) >= 11 is 0. The minimum atomic E-state index is -0.560. The number of anilines is 1. The Hall–Kier alpha value is -4.21. The highest BCUT2D eigenvalue weighted by atomic mass is 16.6. The van der Waals surface area contributed by atoms with Crippen LogP contribution in [0.1, 0.15) is 5.56 Å². The number of fused-ring (bicyclic) bond motifs is 1. The van der Waals surface area contributed by atoms with Gasteiger partial charge >= 0.3 is 0 Å². The van der Waals surface area contributed by atoms with E-state index in [0.29, 0.717) is 18.7 Å². The second-order valence-electron chi connectivity index (χ2n) is 6.89. The van der Waals surface area contributed by atoms with Crippen LogP contribution in [0.4, 0.5) is 11.4 Å². The van der Waals surface area contributed by atoms with Crippen molar-refractivity contribution in [3.63, 3.8) is 0 Å². The van der Waals surface area contributed by atoms with Gasteiger partial charge in [0.05, 0.1) is 16.3 Å².